The van der Waals surface area contributed by atoms with E-state index in [1.54, 1.807) is 30.0 Å². The number of hydrogen-bond donors (Lipinski definition) is 1. The Kier molecular flexibility index (Phi) is 7.27. The van der Waals surface area contributed by atoms with Crippen molar-refractivity contribution in [3.8, 4) is 0 Å². The number of halogens is 1. The fourth-order valence-electron chi connectivity index (χ4n) is 3.86. The molecule has 1 amide bonds. The van der Waals surface area contributed by atoms with Crippen LogP contribution in [0.2, 0.25) is 0 Å². The van der Waals surface area contributed by atoms with Crippen molar-refractivity contribution >= 4 is 28.8 Å². The molecule has 0 fully saturated rings. The molecule has 0 bridgehead atoms. The van der Waals surface area contributed by atoms with Crippen LogP contribution in [0, 0.1) is 5.82 Å². The quantitative estimate of drug-likeness (QED) is 0.435. The monoisotopic (exact) mass is 477 g/mol. The van der Waals surface area contributed by atoms with Crippen molar-refractivity contribution in [1.82, 2.24) is 10.2 Å². The molecule has 174 valence electrons. The van der Waals surface area contributed by atoms with Crippen molar-refractivity contribution in [1.29, 1.82) is 0 Å². The van der Waals surface area contributed by atoms with E-state index < -0.39 is 17.8 Å². The minimum absolute atomic E-state index is 0.0233. The summed E-state index contributed by atoms with van der Waals surface area (Å²) in [6, 6.07) is 15.1. The Hall–Kier alpha value is -3.65. The average molecular weight is 478 g/mol. The Balaban J connectivity index is 1.62. The van der Waals surface area contributed by atoms with Crippen molar-refractivity contribution in [2.24, 2.45) is 4.99 Å². The van der Waals surface area contributed by atoms with Crippen LogP contribution in [-0.2, 0) is 20.9 Å². The lowest BCUT2D eigenvalue weighted by atomic mass is 9.93. The number of carbonyl (C=O) groups excluding carboxylic acids is 2. The number of thioether (sulfide) groups is 1. The number of nitrogens with zero attached hydrogens (tertiary/aromatic N) is 2. The van der Waals surface area contributed by atoms with Gasteiger partial charge in [0.15, 0.2) is 5.17 Å². The molecule has 1 N–H and O–H groups in total. The number of esters is 1. The second-order valence-electron chi connectivity index (χ2n) is 7.74. The summed E-state index contributed by atoms with van der Waals surface area (Å²) in [6.45, 7) is 5.70. The van der Waals surface area contributed by atoms with Gasteiger partial charge in [-0.05, 0) is 24.0 Å². The van der Waals surface area contributed by atoms with E-state index in [1.807, 2.05) is 35.7 Å². The summed E-state index contributed by atoms with van der Waals surface area (Å²) in [5, 5.41) is 5.31. The zero-order valence-corrected chi connectivity index (χ0v) is 19.5. The molecule has 4 rings (SSSR count). The number of amidine groups is 1. The molecule has 0 aromatic heterocycles. The zero-order valence-electron chi connectivity index (χ0n) is 18.7. The Morgan fingerprint density at radius 2 is 1.94 bits per heavy atom. The van der Waals surface area contributed by atoms with Crippen molar-refractivity contribution in [3.05, 3.63) is 107 Å². The predicted molar refractivity (Wildman–Crippen MR) is 131 cm³/mol. The molecule has 2 aliphatic rings. The number of fused-ring (bicyclic) bond motifs is 1. The normalized spacial score (nSPS) is 17.0. The van der Waals surface area contributed by atoms with Gasteiger partial charge in [-0.1, -0.05) is 72.9 Å². The molecule has 1 atom stereocenters. The number of ether oxygens (including phenoxy) is 1. The maximum Gasteiger partial charge on any atom is 0.338 e. The highest BCUT2D eigenvalue weighted by molar-refractivity contribution is 8.16. The summed E-state index contributed by atoms with van der Waals surface area (Å²) in [5.74, 6) is -1.25. The number of benzene rings is 2. The van der Waals surface area contributed by atoms with Gasteiger partial charge in [0, 0.05) is 17.8 Å². The van der Waals surface area contributed by atoms with Crippen LogP contribution in [0.5, 0.6) is 0 Å². The number of allylic oxidation sites excluding steroid dienone is 1. The molecule has 34 heavy (non-hydrogen) atoms. The van der Waals surface area contributed by atoms with Crippen molar-refractivity contribution in [2.45, 2.75) is 25.9 Å². The minimum Gasteiger partial charge on any atom is -0.458 e. The van der Waals surface area contributed by atoms with Gasteiger partial charge in [0.1, 0.15) is 12.4 Å². The molecule has 8 heteroatoms. The van der Waals surface area contributed by atoms with Gasteiger partial charge in [-0.2, -0.15) is 0 Å². The van der Waals surface area contributed by atoms with Crippen LogP contribution in [0.4, 0.5) is 4.39 Å². The highest BCUT2D eigenvalue weighted by atomic mass is 32.2. The standard InChI is InChI=1S/C26H24FN3O3S/c1-3-13-33-25(32)23-17(2)29-26-30(24(23)20-11-7-8-12-21(20)27)19(16-34-26)14-22(31)28-15-18-9-5-4-6-10-18/h3-12,16,24H,1,13-15H2,2H3,(H,28,31)/t24-/m0/s1. The smallest absolute Gasteiger partial charge is 0.338 e. The molecule has 6 nitrogen and oxygen atoms in total. The third-order valence-corrected chi connectivity index (χ3v) is 6.32. The molecular formula is C26H24FN3O3S. The minimum atomic E-state index is -0.811. The van der Waals surface area contributed by atoms with Crippen LogP contribution in [0.3, 0.4) is 0 Å². The third kappa shape index (κ3) is 4.97. The summed E-state index contributed by atoms with van der Waals surface area (Å²) in [4.78, 5) is 32.1. The number of aliphatic imine (C=N–C) groups is 1. The number of amides is 1. The summed E-state index contributed by atoms with van der Waals surface area (Å²) in [7, 11) is 0. The Morgan fingerprint density at radius 1 is 1.21 bits per heavy atom. The van der Waals surface area contributed by atoms with E-state index in [9.17, 15) is 14.0 Å². The highest BCUT2D eigenvalue weighted by Crippen LogP contribution is 2.45. The van der Waals surface area contributed by atoms with Crippen molar-refractivity contribution in [3.63, 3.8) is 0 Å². The molecule has 0 saturated heterocycles. The maximum absolute atomic E-state index is 15.0. The lowest BCUT2D eigenvalue weighted by Gasteiger charge is -2.36. The third-order valence-electron chi connectivity index (χ3n) is 5.43. The van der Waals surface area contributed by atoms with Crippen LogP contribution in [0.25, 0.3) is 0 Å². The molecule has 0 aliphatic carbocycles. The van der Waals surface area contributed by atoms with Crippen molar-refractivity contribution < 1.29 is 18.7 Å². The first kappa shape index (κ1) is 23.5. The van der Waals surface area contributed by atoms with Gasteiger partial charge in [0.25, 0.3) is 0 Å². The topological polar surface area (TPSA) is 71.0 Å². The zero-order chi connectivity index (χ0) is 24.1. The van der Waals surface area contributed by atoms with E-state index in [0.717, 1.165) is 5.56 Å². The van der Waals surface area contributed by atoms with Gasteiger partial charge in [0.2, 0.25) is 5.91 Å². The van der Waals surface area contributed by atoms with Gasteiger partial charge in [-0.3, -0.25) is 4.79 Å². The van der Waals surface area contributed by atoms with Gasteiger partial charge in [-0.25, -0.2) is 14.2 Å². The SMILES string of the molecule is C=CCOC(=O)C1=C(C)N=C2SC=C(CC(=O)NCc3ccccc3)N2[C@H]1c1ccccc1F. The molecule has 2 aliphatic heterocycles. The first-order chi connectivity index (χ1) is 16.5. The summed E-state index contributed by atoms with van der Waals surface area (Å²) >= 11 is 1.34. The Morgan fingerprint density at radius 3 is 2.68 bits per heavy atom. The molecule has 0 radical (unpaired) electrons. The predicted octanol–water partition coefficient (Wildman–Crippen LogP) is 4.84. The first-order valence-corrected chi connectivity index (χ1v) is 11.6. The lowest BCUT2D eigenvalue weighted by molar-refractivity contribution is -0.138. The Labute approximate surface area is 201 Å². The molecule has 0 unspecified atom stereocenters. The second-order valence-corrected chi connectivity index (χ2v) is 8.58. The van der Waals surface area contributed by atoms with Crippen molar-refractivity contribution in [2.75, 3.05) is 6.61 Å². The number of rotatable bonds is 8. The largest absolute Gasteiger partial charge is 0.458 e. The number of hydrogen-bond acceptors (Lipinski definition) is 6. The Bertz CT molecular complexity index is 1210. The van der Waals surface area contributed by atoms with Gasteiger partial charge in [0.05, 0.1) is 23.7 Å². The molecule has 2 aromatic carbocycles. The van der Waals surface area contributed by atoms with Crippen LogP contribution in [0.15, 0.2) is 94.6 Å². The van der Waals surface area contributed by atoms with Gasteiger partial charge < -0.3 is 15.0 Å². The van der Waals surface area contributed by atoms with Crippen LogP contribution >= 0.6 is 11.8 Å². The van der Waals surface area contributed by atoms with E-state index >= 15 is 0 Å². The first-order valence-electron chi connectivity index (χ1n) is 10.8. The summed E-state index contributed by atoms with van der Waals surface area (Å²) in [6.07, 6.45) is 1.52. The van der Waals surface area contributed by atoms with Gasteiger partial charge in [-0.15, -0.1) is 0 Å². The van der Waals surface area contributed by atoms with E-state index in [-0.39, 0.29) is 24.5 Å². The number of carbonyl (C=O) groups is 2. The molecular weight excluding hydrogens is 453 g/mol. The fraction of sp³-hybridized carbons (Fsp3) is 0.192. The van der Waals surface area contributed by atoms with Crippen LogP contribution in [-0.4, -0.2) is 28.6 Å². The van der Waals surface area contributed by atoms with Crippen LogP contribution in [0.1, 0.15) is 30.5 Å². The molecule has 0 spiro atoms. The van der Waals surface area contributed by atoms with Gasteiger partial charge >= 0.3 is 5.97 Å². The second kappa shape index (κ2) is 10.5. The summed E-state index contributed by atoms with van der Waals surface area (Å²) in [5.41, 5.74) is 2.60. The van der Waals surface area contributed by atoms with E-state index in [1.165, 1.54) is 23.9 Å². The summed E-state index contributed by atoms with van der Waals surface area (Å²) < 4.78 is 20.3. The van der Waals surface area contributed by atoms with E-state index in [0.29, 0.717) is 28.7 Å². The van der Waals surface area contributed by atoms with E-state index in [4.69, 9.17) is 4.74 Å². The lowest BCUT2D eigenvalue weighted by Crippen LogP contribution is -2.38. The molecule has 2 aromatic rings. The van der Waals surface area contributed by atoms with E-state index in [2.05, 4.69) is 16.9 Å². The maximum atomic E-state index is 15.0. The van der Waals surface area contributed by atoms with Crippen LogP contribution < -0.4 is 5.32 Å². The molecule has 0 saturated carbocycles. The number of nitrogens with one attached hydrogen (secondary N) is 1. The molecule has 2 heterocycles. The fourth-order valence-corrected chi connectivity index (χ4v) is 4.82. The highest BCUT2D eigenvalue weighted by Gasteiger charge is 2.42. The average Bonchev–Trinajstić information content (AvgIpc) is 3.23.